The summed E-state index contributed by atoms with van der Waals surface area (Å²) in [4.78, 5) is 27.4. The van der Waals surface area contributed by atoms with Crippen LogP contribution in [-0.4, -0.2) is 74.0 Å². The van der Waals surface area contributed by atoms with Gasteiger partial charge in [0.1, 0.15) is 0 Å². The van der Waals surface area contributed by atoms with Crippen molar-refractivity contribution in [3.05, 3.63) is 42.7 Å². The minimum atomic E-state index is -1.78. The summed E-state index contributed by atoms with van der Waals surface area (Å²) in [6.45, 7) is 1.91. The Morgan fingerprint density at radius 3 is 2.97 bits per heavy atom. The first-order valence-corrected chi connectivity index (χ1v) is 10.9. The van der Waals surface area contributed by atoms with E-state index in [4.69, 9.17) is 19.7 Å². The lowest BCUT2D eigenvalue weighted by Crippen LogP contribution is -2.58. The van der Waals surface area contributed by atoms with Crippen LogP contribution in [0.5, 0.6) is 5.88 Å². The standard InChI is InChI=1S/C22H22N8O6/c1-11-10-29(16-5-6-30(27-16)13-8-17(34-2)26-24-9-13)22(33)19(35-11)18(31)21(32)25-12-3-4-14-15(7-12)36-28-20(14)23/h3-9,11,18-19,31H,10H2,1-2H3,(H2,23,28)(H,25,32)/t11-,18?,19-/m1/s1. The van der Waals surface area contributed by atoms with Crippen LogP contribution in [0.4, 0.5) is 17.3 Å². The molecule has 0 aliphatic carbocycles. The maximum Gasteiger partial charge on any atom is 0.260 e. The van der Waals surface area contributed by atoms with Gasteiger partial charge in [-0.2, -0.15) is 5.10 Å². The number of rotatable bonds is 6. The van der Waals surface area contributed by atoms with Gasteiger partial charge < -0.3 is 30.2 Å². The molecule has 0 saturated carbocycles. The number of aromatic nitrogens is 5. The molecule has 0 spiro atoms. The molecule has 4 heterocycles. The van der Waals surface area contributed by atoms with Crippen LogP contribution in [-0.2, 0) is 14.3 Å². The Hall–Kier alpha value is -4.56. The van der Waals surface area contributed by atoms with Crippen molar-refractivity contribution in [2.45, 2.75) is 25.2 Å². The fraction of sp³-hybridized carbons (Fsp3) is 0.273. The normalized spacial score (nSPS) is 18.9. The molecule has 4 aromatic rings. The number of hydrogen-bond donors (Lipinski definition) is 3. The number of amides is 2. The largest absolute Gasteiger partial charge is 0.480 e. The van der Waals surface area contributed by atoms with E-state index in [0.29, 0.717) is 34.0 Å². The number of carbonyl (C=O) groups is 2. The molecular formula is C22H22N8O6. The highest BCUT2D eigenvalue weighted by molar-refractivity contribution is 6.04. The lowest BCUT2D eigenvalue weighted by Gasteiger charge is -2.36. The van der Waals surface area contributed by atoms with Crippen LogP contribution in [0.3, 0.4) is 0 Å². The molecule has 36 heavy (non-hydrogen) atoms. The van der Waals surface area contributed by atoms with E-state index in [1.807, 2.05) is 0 Å². The minimum absolute atomic E-state index is 0.183. The summed E-state index contributed by atoms with van der Waals surface area (Å²) in [5, 5.41) is 29.6. The molecule has 14 nitrogen and oxygen atoms in total. The summed E-state index contributed by atoms with van der Waals surface area (Å²) < 4.78 is 17.3. The third kappa shape index (κ3) is 4.30. The Labute approximate surface area is 203 Å². The van der Waals surface area contributed by atoms with Crippen molar-refractivity contribution in [2.75, 3.05) is 29.6 Å². The van der Waals surface area contributed by atoms with Gasteiger partial charge in [-0.25, -0.2) is 4.68 Å². The first-order chi connectivity index (χ1) is 17.3. The van der Waals surface area contributed by atoms with Crippen LogP contribution in [0.15, 0.2) is 47.2 Å². The van der Waals surface area contributed by atoms with Gasteiger partial charge in [0.15, 0.2) is 29.4 Å². The first kappa shape index (κ1) is 23.2. The van der Waals surface area contributed by atoms with Crippen LogP contribution in [0.25, 0.3) is 16.7 Å². The van der Waals surface area contributed by atoms with E-state index in [1.54, 1.807) is 37.4 Å². The monoisotopic (exact) mass is 494 g/mol. The second-order valence-corrected chi connectivity index (χ2v) is 8.10. The number of aliphatic hydroxyl groups is 1. The van der Waals surface area contributed by atoms with Crippen molar-refractivity contribution >= 4 is 40.1 Å². The summed E-state index contributed by atoms with van der Waals surface area (Å²) in [7, 11) is 1.47. The molecule has 1 aliphatic heterocycles. The van der Waals surface area contributed by atoms with Crippen LogP contribution >= 0.6 is 0 Å². The Kier molecular flexibility index (Phi) is 5.95. The van der Waals surface area contributed by atoms with Crippen molar-refractivity contribution in [1.82, 2.24) is 25.1 Å². The predicted octanol–water partition coefficient (Wildman–Crippen LogP) is 0.514. The molecule has 3 aromatic heterocycles. The van der Waals surface area contributed by atoms with Gasteiger partial charge in [-0.1, -0.05) is 5.16 Å². The Balaban J connectivity index is 1.32. The van der Waals surface area contributed by atoms with Gasteiger partial charge in [-0.15, -0.1) is 10.2 Å². The van der Waals surface area contributed by atoms with Crippen LogP contribution < -0.4 is 20.7 Å². The lowest BCUT2D eigenvalue weighted by molar-refractivity contribution is -0.156. The molecule has 2 amide bonds. The van der Waals surface area contributed by atoms with Crippen molar-refractivity contribution < 1.29 is 28.7 Å². The molecule has 1 aliphatic rings. The SMILES string of the molecule is COc1cc(-n2ccc(N3C[C@@H](C)O[C@H](C(O)C(=O)Nc4ccc5c(N)noc5c4)C3=O)n2)cnn1. The molecule has 14 heteroatoms. The molecule has 5 rings (SSSR count). The predicted molar refractivity (Wildman–Crippen MR) is 125 cm³/mol. The van der Waals surface area contributed by atoms with E-state index in [1.165, 1.54) is 29.0 Å². The van der Waals surface area contributed by atoms with Gasteiger partial charge in [-0.3, -0.25) is 14.5 Å². The van der Waals surface area contributed by atoms with E-state index in [-0.39, 0.29) is 12.4 Å². The number of nitrogen functional groups attached to an aromatic ring is 1. The van der Waals surface area contributed by atoms with E-state index >= 15 is 0 Å². The fourth-order valence-electron chi connectivity index (χ4n) is 3.82. The summed E-state index contributed by atoms with van der Waals surface area (Å²) in [6, 6.07) is 7.98. The summed E-state index contributed by atoms with van der Waals surface area (Å²) in [6.07, 6.45) is -0.564. The molecular weight excluding hydrogens is 472 g/mol. The summed E-state index contributed by atoms with van der Waals surface area (Å²) in [5.74, 6) is -0.586. The molecule has 1 fully saturated rings. The molecule has 1 saturated heterocycles. The van der Waals surface area contributed by atoms with Crippen LogP contribution in [0, 0.1) is 0 Å². The van der Waals surface area contributed by atoms with Crippen molar-refractivity contribution in [2.24, 2.45) is 0 Å². The van der Waals surface area contributed by atoms with Gasteiger partial charge in [0, 0.05) is 30.1 Å². The number of ether oxygens (including phenoxy) is 2. The second kappa shape index (κ2) is 9.24. The first-order valence-electron chi connectivity index (χ1n) is 10.9. The van der Waals surface area contributed by atoms with E-state index in [0.717, 1.165) is 0 Å². The third-order valence-corrected chi connectivity index (χ3v) is 5.59. The molecule has 0 bridgehead atoms. The number of anilines is 3. The molecule has 1 unspecified atom stereocenters. The van der Waals surface area contributed by atoms with Crippen molar-refractivity contribution in [1.29, 1.82) is 0 Å². The van der Waals surface area contributed by atoms with Crippen LogP contribution in [0.1, 0.15) is 6.92 Å². The highest BCUT2D eigenvalue weighted by atomic mass is 16.5. The summed E-state index contributed by atoms with van der Waals surface area (Å²) >= 11 is 0. The highest BCUT2D eigenvalue weighted by Gasteiger charge is 2.42. The molecule has 0 radical (unpaired) electrons. The number of nitrogens with two attached hydrogens (primary N) is 1. The Morgan fingerprint density at radius 2 is 2.17 bits per heavy atom. The van der Waals surface area contributed by atoms with Gasteiger partial charge in [-0.05, 0) is 19.1 Å². The van der Waals surface area contributed by atoms with Crippen molar-refractivity contribution in [3.8, 4) is 11.6 Å². The zero-order valence-electron chi connectivity index (χ0n) is 19.2. The number of nitrogens with zero attached hydrogens (tertiary/aromatic N) is 6. The number of hydrogen-bond acceptors (Lipinski definition) is 11. The fourth-order valence-corrected chi connectivity index (χ4v) is 3.82. The maximum absolute atomic E-state index is 13.2. The van der Waals surface area contributed by atoms with Gasteiger partial charge in [0.25, 0.3) is 11.8 Å². The van der Waals surface area contributed by atoms with E-state index < -0.39 is 30.1 Å². The zero-order valence-corrected chi connectivity index (χ0v) is 19.2. The number of aliphatic hydroxyl groups excluding tert-OH is 1. The topological polar surface area (TPSA) is 184 Å². The maximum atomic E-state index is 13.2. The zero-order chi connectivity index (χ0) is 25.4. The molecule has 4 N–H and O–H groups in total. The average Bonchev–Trinajstić information content (AvgIpc) is 3.52. The Bertz CT molecular complexity index is 1430. The van der Waals surface area contributed by atoms with Gasteiger partial charge >= 0.3 is 0 Å². The number of methoxy groups -OCH3 is 1. The van der Waals surface area contributed by atoms with Gasteiger partial charge in [0.05, 0.1) is 37.0 Å². The van der Waals surface area contributed by atoms with E-state index in [2.05, 4.69) is 25.8 Å². The number of carbonyl (C=O) groups excluding carboxylic acids is 2. The molecule has 1 aromatic carbocycles. The smallest absolute Gasteiger partial charge is 0.260 e. The Morgan fingerprint density at radius 1 is 1.33 bits per heavy atom. The number of morpholine rings is 1. The lowest BCUT2D eigenvalue weighted by atomic mass is 10.1. The average molecular weight is 494 g/mol. The molecule has 3 atom stereocenters. The highest BCUT2D eigenvalue weighted by Crippen LogP contribution is 2.26. The molecule has 186 valence electrons. The van der Waals surface area contributed by atoms with E-state index in [9.17, 15) is 14.7 Å². The number of nitrogens with one attached hydrogen (secondary N) is 1. The minimum Gasteiger partial charge on any atom is -0.480 e. The number of benzene rings is 1. The third-order valence-electron chi connectivity index (χ3n) is 5.59. The quantitative estimate of drug-likeness (QED) is 0.339. The number of fused-ring (bicyclic) bond motifs is 1. The van der Waals surface area contributed by atoms with Crippen molar-refractivity contribution in [3.63, 3.8) is 0 Å². The van der Waals surface area contributed by atoms with Gasteiger partial charge in [0.2, 0.25) is 5.88 Å². The second-order valence-electron chi connectivity index (χ2n) is 8.10. The van der Waals surface area contributed by atoms with Crippen LogP contribution in [0.2, 0.25) is 0 Å². The summed E-state index contributed by atoms with van der Waals surface area (Å²) in [5.41, 5.74) is 6.97.